The van der Waals surface area contributed by atoms with Crippen molar-refractivity contribution >= 4 is 6.29 Å². The summed E-state index contributed by atoms with van der Waals surface area (Å²) in [7, 11) is 0. The first-order chi connectivity index (χ1) is 6.36. The molecule has 0 heterocycles. The van der Waals surface area contributed by atoms with E-state index in [0.29, 0.717) is 6.07 Å². The van der Waals surface area contributed by atoms with Gasteiger partial charge < -0.3 is 5.11 Å². The molecule has 14 heavy (non-hydrogen) atoms. The van der Waals surface area contributed by atoms with Crippen LogP contribution in [-0.4, -0.2) is 11.4 Å². The minimum Gasteiger partial charge on any atom is -0.505 e. The van der Waals surface area contributed by atoms with Crippen LogP contribution in [-0.2, 0) is 6.18 Å². The molecule has 0 aliphatic heterocycles. The molecule has 0 aromatic heterocycles. The summed E-state index contributed by atoms with van der Waals surface area (Å²) in [5.41, 5.74) is -2.09. The van der Waals surface area contributed by atoms with E-state index in [1.807, 2.05) is 0 Å². The maximum atomic E-state index is 12.7. The van der Waals surface area contributed by atoms with E-state index >= 15 is 0 Å². The van der Waals surface area contributed by atoms with Crippen molar-refractivity contribution < 1.29 is 27.5 Å². The fourth-order valence-electron chi connectivity index (χ4n) is 0.881. The van der Waals surface area contributed by atoms with Gasteiger partial charge in [-0.2, -0.15) is 13.2 Å². The van der Waals surface area contributed by atoms with Gasteiger partial charge in [-0.1, -0.05) is 0 Å². The second kappa shape index (κ2) is 3.28. The van der Waals surface area contributed by atoms with E-state index in [1.54, 1.807) is 0 Å². The molecule has 6 heteroatoms. The number of aldehydes is 1. The van der Waals surface area contributed by atoms with Crippen molar-refractivity contribution in [2.45, 2.75) is 6.18 Å². The van der Waals surface area contributed by atoms with Crippen LogP contribution in [0.25, 0.3) is 0 Å². The van der Waals surface area contributed by atoms with E-state index in [2.05, 4.69) is 0 Å². The van der Waals surface area contributed by atoms with E-state index in [0.717, 1.165) is 0 Å². The normalized spacial score (nSPS) is 11.4. The standard InChI is InChI=1S/C8H4F4O2/c9-7-4(3-13)1-5(2-6(7)14)8(10,11)12/h1-3,14H. The van der Waals surface area contributed by atoms with Gasteiger partial charge in [0.25, 0.3) is 0 Å². The zero-order chi connectivity index (χ0) is 10.9. The highest BCUT2D eigenvalue weighted by Crippen LogP contribution is 2.33. The number of carbonyl (C=O) groups excluding carboxylic acids is 1. The quantitative estimate of drug-likeness (QED) is 0.568. The summed E-state index contributed by atoms with van der Waals surface area (Å²) < 4.78 is 48.9. The maximum Gasteiger partial charge on any atom is 0.416 e. The highest BCUT2D eigenvalue weighted by molar-refractivity contribution is 5.76. The Morgan fingerprint density at radius 1 is 1.29 bits per heavy atom. The lowest BCUT2D eigenvalue weighted by Gasteiger charge is -2.08. The summed E-state index contributed by atoms with van der Waals surface area (Å²) in [4.78, 5) is 10.1. The second-order valence-electron chi connectivity index (χ2n) is 2.51. The fraction of sp³-hybridized carbons (Fsp3) is 0.125. The molecule has 0 saturated carbocycles. The topological polar surface area (TPSA) is 37.3 Å². The average molecular weight is 208 g/mol. The number of hydrogen-bond donors (Lipinski definition) is 1. The van der Waals surface area contributed by atoms with Gasteiger partial charge in [-0.05, 0) is 12.1 Å². The summed E-state index contributed by atoms with van der Waals surface area (Å²) in [5.74, 6) is -2.55. The van der Waals surface area contributed by atoms with Crippen molar-refractivity contribution in [1.82, 2.24) is 0 Å². The Labute approximate surface area is 75.8 Å². The van der Waals surface area contributed by atoms with Gasteiger partial charge in [0.2, 0.25) is 0 Å². The average Bonchev–Trinajstić information content (AvgIpc) is 2.07. The van der Waals surface area contributed by atoms with Gasteiger partial charge in [0, 0.05) is 0 Å². The van der Waals surface area contributed by atoms with Crippen molar-refractivity contribution in [2.24, 2.45) is 0 Å². The molecule has 0 radical (unpaired) electrons. The fourth-order valence-corrected chi connectivity index (χ4v) is 0.881. The van der Waals surface area contributed by atoms with E-state index in [-0.39, 0.29) is 12.4 Å². The van der Waals surface area contributed by atoms with Gasteiger partial charge in [0.05, 0.1) is 11.1 Å². The molecule has 1 N–H and O–H groups in total. The van der Waals surface area contributed by atoms with Gasteiger partial charge >= 0.3 is 6.18 Å². The van der Waals surface area contributed by atoms with Crippen LogP contribution in [0.2, 0.25) is 0 Å². The van der Waals surface area contributed by atoms with Crippen LogP contribution >= 0.6 is 0 Å². The zero-order valence-corrected chi connectivity index (χ0v) is 6.60. The van der Waals surface area contributed by atoms with Crippen molar-refractivity contribution in [3.05, 3.63) is 29.1 Å². The second-order valence-corrected chi connectivity index (χ2v) is 2.51. The Balaban J connectivity index is 3.37. The van der Waals surface area contributed by atoms with E-state index in [4.69, 9.17) is 5.11 Å². The van der Waals surface area contributed by atoms with Gasteiger partial charge in [-0.3, -0.25) is 4.79 Å². The number of carbonyl (C=O) groups is 1. The number of benzene rings is 1. The molecule has 1 rings (SSSR count). The third-order valence-corrected chi connectivity index (χ3v) is 1.54. The monoisotopic (exact) mass is 208 g/mol. The zero-order valence-electron chi connectivity index (χ0n) is 6.60. The molecule has 0 spiro atoms. The van der Waals surface area contributed by atoms with Crippen molar-refractivity contribution in [1.29, 1.82) is 0 Å². The number of rotatable bonds is 1. The summed E-state index contributed by atoms with van der Waals surface area (Å²) in [5, 5.41) is 8.74. The third-order valence-electron chi connectivity index (χ3n) is 1.54. The Kier molecular flexibility index (Phi) is 2.46. The molecule has 1 aromatic carbocycles. The maximum absolute atomic E-state index is 12.7. The molecule has 0 unspecified atom stereocenters. The van der Waals surface area contributed by atoms with Gasteiger partial charge in [-0.25, -0.2) is 4.39 Å². The summed E-state index contributed by atoms with van der Waals surface area (Å²) in [6.45, 7) is 0. The molecule has 0 saturated heterocycles. The molecule has 0 atom stereocenters. The van der Waals surface area contributed by atoms with Crippen molar-refractivity contribution in [3.8, 4) is 5.75 Å². The van der Waals surface area contributed by atoms with Gasteiger partial charge in [0.1, 0.15) is 0 Å². The van der Waals surface area contributed by atoms with E-state index in [9.17, 15) is 22.4 Å². The van der Waals surface area contributed by atoms with E-state index < -0.39 is 28.9 Å². The SMILES string of the molecule is O=Cc1cc(C(F)(F)F)cc(O)c1F. The first-order valence-electron chi connectivity index (χ1n) is 3.41. The Hall–Kier alpha value is -1.59. The Morgan fingerprint density at radius 2 is 1.86 bits per heavy atom. The molecule has 76 valence electrons. The van der Waals surface area contributed by atoms with Crippen LogP contribution in [0.15, 0.2) is 12.1 Å². The lowest BCUT2D eigenvalue weighted by atomic mass is 10.1. The predicted octanol–water partition coefficient (Wildman–Crippen LogP) is 2.36. The molecule has 2 nitrogen and oxygen atoms in total. The molecular weight excluding hydrogens is 204 g/mol. The van der Waals surface area contributed by atoms with Crippen molar-refractivity contribution in [3.63, 3.8) is 0 Å². The molecule has 1 aromatic rings. The molecule has 0 fully saturated rings. The smallest absolute Gasteiger partial charge is 0.416 e. The number of hydrogen-bond acceptors (Lipinski definition) is 2. The Morgan fingerprint density at radius 3 is 2.29 bits per heavy atom. The first kappa shape index (κ1) is 10.5. The summed E-state index contributed by atoms with van der Waals surface area (Å²) in [6, 6.07) is 0.560. The molecule has 0 aliphatic rings. The highest BCUT2D eigenvalue weighted by atomic mass is 19.4. The lowest BCUT2D eigenvalue weighted by Crippen LogP contribution is -2.06. The molecule has 0 bridgehead atoms. The number of phenols is 1. The van der Waals surface area contributed by atoms with Gasteiger partial charge in [-0.15, -0.1) is 0 Å². The van der Waals surface area contributed by atoms with Crippen LogP contribution in [0, 0.1) is 5.82 Å². The number of aromatic hydroxyl groups is 1. The van der Waals surface area contributed by atoms with Crippen LogP contribution in [0.5, 0.6) is 5.75 Å². The summed E-state index contributed by atoms with van der Waals surface area (Å²) in [6.07, 6.45) is -4.81. The van der Waals surface area contributed by atoms with Crippen LogP contribution in [0.4, 0.5) is 17.6 Å². The molecule has 0 amide bonds. The third kappa shape index (κ3) is 1.84. The molecular formula is C8H4F4O2. The van der Waals surface area contributed by atoms with Crippen molar-refractivity contribution in [2.75, 3.05) is 0 Å². The number of alkyl halides is 3. The summed E-state index contributed by atoms with van der Waals surface area (Å²) >= 11 is 0. The first-order valence-corrected chi connectivity index (χ1v) is 3.41. The van der Waals surface area contributed by atoms with Gasteiger partial charge in [0.15, 0.2) is 17.9 Å². The minimum absolute atomic E-state index is 0.0930. The van der Waals surface area contributed by atoms with Crippen LogP contribution in [0.3, 0.4) is 0 Å². The predicted molar refractivity (Wildman–Crippen MR) is 38.5 cm³/mol. The van der Waals surface area contributed by atoms with Crippen LogP contribution in [0.1, 0.15) is 15.9 Å². The van der Waals surface area contributed by atoms with E-state index in [1.165, 1.54) is 0 Å². The minimum atomic E-state index is -4.72. The Bertz CT molecular complexity index is 370. The molecule has 0 aliphatic carbocycles. The lowest BCUT2D eigenvalue weighted by molar-refractivity contribution is -0.137. The van der Waals surface area contributed by atoms with Crippen LogP contribution < -0.4 is 0 Å². The highest BCUT2D eigenvalue weighted by Gasteiger charge is 2.32. The largest absolute Gasteiger partial charge is 0.505 e. The number of halogens is 4. The number of phenolic OH excluding ortho intramolecular Hbond substituents is 1.